The Morgan fingerprint density at radius 2 is 1.10 bits per heavy atom. The van der Waals surface area contributed by atoms with Gasteiger partial charge in [-0.3, -0.25) is 0 Å². The molecule has 4 aromatic carbocycles. The number of aromatic nitrogens is 1. The number of hydrogen-bond donors (Lipinski definition) is 1. The lowest BCUT2D eigenvalue weighted by Crippen LogP contribution is -2.79. The molecule has 0 saturated carbocycles. The van der Waals surface area contributed by atoms with Crippen molar-refractivity contribution in [3.8, 4) is 22.4 Å². The maximum absolute atomic E-state index is 13.7. The molecule has 0 bridgehead atoms. The van der Waals surface area contributed by atoms with E-state index in [-0.39, 0.29) is 11.8 Å². The molecule has 0 fully saturated rings. The fourth-order valence-electron chi connectivity index (χ4n) is 4.65. The molecule has 0 aliphatic carbocycles. The van der Waals surface area contributed by atoms with Gasteiger partial charge in [0.05, 0.1) is 16.8 Å². The summed E-state index contributed by atoms with van der Waals surface area (Å²) in [5, 5.41) is 1.42. The molecule has 1 unspecified atom stereocenters. The van der Waals surface area contributed by atoms with Crippen LogP contribution in [0.5, 0.6) is 0 Å². The number of nitrogens with two attached hydrogens (primary N) is 1. The van der Waals surface area contributed by atoms with Crippen molar-refractivity contribution in [1.82, 2.24) is 4.98 Å². The molecule has 40 heavy (non-hydrogen) atoms. The molecule has 5 aromatic rings. The predicted molar refractivity (Wildman–Crippen MR) is 141 cm³/mol. The van der Waals surface area contributed by atoms with Crippen LogP contribution in [0.4, 0.5) is 32.0 Å². The van der Waals surface area contributed by atoms with Crippen LogP contribution in [0.1, 0.15) is 28.4 Å². The first-order valence-electron chi connectivity index (χ1n) is 12.4. The van der Waals surface area contributed by atoms with Crippen molar-refractivity contribution < 1.29 is 31.7 Å². The van der Waals surface area contributed by atoms with E-state index in [1.165, 1.54) is 5.32 Å². The Kier molecular flexibility index (Phi) is 7.45. The summed E-state index contributed by atoms with van der Waals surface area (Å²) in [6, 6.07) is 32.2. The van der Waals surface area contributed by atoms with Crippen LogP contribution in [0.2, 0.25) is 0 Å². The Labute approximate surface area is 227 Å². The number of rotatable bonds is 6. The summed E-state index contributed by atoms with van der Waals surface area (Å²) in [5.74, 6) is 0. The predicted octanol–water partition coefficient (Wildman–Crippen LogP) is 8.44. The highest BCUT2D eigenvalue weighted by molar-refractivity contribution is 5.68. The van der Waals surface area contributed by atoms with Crippen molar-refractivity contribution in [2.45, 2.75) is 18.4 Å². The molecule has 0 radical (unpaired) electrons. The van der Waals surface area contributed by atoms with Crippen LogP contribution < -0.4 is 5.32 Å². The summed E-state index contributed by atoms with van der Waals surface area (Å²) in [6.45, 7) is 0. The molecule has 5 rings (SSSR count). The van der Waals surface area contributed by atoms with Crippen LogP contribution in [0.15, 0.2) is 121 Å². The minimum atomic E-state index is -4.95. The van der Waals surface area contributed by atoms with Crippen molar-refractivity contribution in [3.05, 3.63) is 144 Å². The fourth-order valence-corrected chi connectivity index (χ4v) is 4.65. The third-order valence-corrected chi connectivity index (χ3v) is 6.51. The average molecular weight is 550 g/mol. The fraction of sp³-hybridized carbons (Fsp3) is 0.0938. The second-order valence-electron chi connectivity index (χ2n) is 9.25. The van der Waals surface area contributed by atoms with Crippen LogP contribution in [0, 0.1) is 0 Å². The number of quaternary nitrogens is 1. The zero-order chi connectivity index (χ0) is 28.3. The number of benzene rings is 4. The number of nitrogens with zero attached hydrogens (tertiary/aromatic N) is 1. The molecule has 0 amide bonds. The quantitative estimate of drug-likeness (QED) is 0.167. The average Bonchev–Trinajstić information content (AvgIpc) is 2.96. The Morgan fingerprint density at radius 3 is 1.70 bits per heavy atom. The lowest BCUT2D eigenvalue weighted by atomic mass is 9.92. The van der Waals surface area contributed by atoms with Gasteiger partial charge in [0.15, 0.2) is 6.04 Å². The lowest BCUT2D eigenvalue weighted by molar-refractivity contribution is -0.608. The summed E-state index contributed by atoms with van der Waals surface area (Å²) < 4.78 is 81.9. The Hall–Kier alpha value is -4.43. The molecule has 1 heterocycles. The number of hydrogen-bond acceptors (Lipinski definition) is 1. The zero-order valence-corrected chi connectivity index (χ0v) is 20.9. The van der Waals surface area contributed by atoms with Gasteiger partial charge in [-0.15, -0.1) is 0 Å². The van der Waals surface area contributed by atoms with E-state index >= 15 is 0 Å². The van der Waals surface area contributed by atoms with Gasteiger partial charge in [0.1, 0.15) is 11.4 Å². The first-order chi connectivity index (χ1) is 19.1. The van der Waals surface area contributed by atoms with Gasteiger partial charge >= 0.3 is 12.4 Å². The van der Waals surface area contributed by atoms with E-state index in [1.54, 1.807) is 18.2 Å². The number of halogens is 6. The normalized spacial score (nSPS) is 12.8. The monoisotopic (exact) mass is 549 g/mol. The van der Waals surface area contributed by atoms with E-state index < -0.39 is 29.5 Å². The molecule has 0 aliphatic rings. The first kappa shape index (κ1) is 27.1. The SMILES string of the molecule is FC(F)(F)c1cc([NH2+]C(c2cccc(-c3ccccc3)n2)c2ccccc2-c2ccccc2)cc(C(F)(F)F)c1. The van der Waals surface area contributed by atoms with Crippen molar-refractivity contribution in [1.29, 1.82) is 0 Å². The molecule has 0 spiro atoms. The molecule has 0 saturated heterocycles. The number of pyridine rings is 1. The smallest absolute Gasteiger partial charge is 0.303 e. The number of alkyl halides is 6. The minimum Gasteiger partial charge on any atom is -0.303 e. The Morgan fingerprint density at radius 1 is 0.550 bits per heavy atom. The molecule has 2 N–H and O–H groups in total. The Balaban J connectivity index is 1.69. The van der Waals surface area contributed by atoms with Gasteiger partial charge in [0.2, 0.25) is 0 Å². The van der Waals surface area contributed by atoms with E-state index in [1.807, 2.05) is 84.9 Å². The summed E-state index contributed by atoms with van der Waals surface area (Å²) in [5.41, 5.74) is 1.35. The standard InChI is InChI=1S/C32H22F6N2/c33-31(34,35)23-18-24(32(36,37)38)20-25(19-23)39-30(27-15-8-7-14-26(27)21-10-3-1-4-11-21)29-17-9-16-28(40-29)22-12-5-2-6-13-22/h1-20,30,39H/p+1. The molecular formula is C32H23F6N2+. The van der Waals surface area contributed by atoms with Crippen molar-refractivity contribution in [3.63, 3.8) is 0 Å². The van der Waals surface area contributed by atoms with Gasteiger partial charge < -0.3 is 5.32 Å². The summed E-state index contributed by atoms with van der Waals surface area (Å²) in [4.78, 5) is 4.82. The second kappa shape index (κ2) is 11.0. The second-order valence-corrected chi connectivity index (χ2v) is 9.25. The summed E-state index contributed by atoms with van der Waals surface area (Å²) in [6.07, 6.45) is -9.90. The molecule has 202 valence electrons. The van der Waals surface area contributed by atoms with Gasteiger partial charge in [0.25, 0.3) is 0 Å². The molecule has 2 nitrogen and oxygen atoms in total. The van der Waals surface area contributed by atoms with Crippen molar-refractivity contribution >= 4 is 5.69 Å². The highest BCUT2D eigenvalue weighted by Gasteiger charge is 2.38. The van der Waals surface area contributed by atoms with E-state index in [0.717, 1.165) is 28.8 Å². The summed E-state index contributed by atoms with van der Waals surface area (Å²) >= 11 is 0. The maximum atomic E-state index is 13.7. The zero-order valence-electron chi connectivity index (χ0n) is 20.9. The van der Waals surface area contributed by atoms with E-state index in [2.05, 4.69) is 0 Å². The van der Waals surface area contributed by atoms with Gasteiger partial charge in [-0.05, 0) is 29.3 Å². The largest absolute Gasteiger partial charge is 0.416 e. The third-order valence-electron chi connectivity index (χ3n) is 6.51. The van der Waals surface area contributed by atoms with Gasteiger partial charge in [-0.2, -0.15) is 26.3 Å². The highest BCUT2D eigenvalue weighted by Crippen LogP contribution is 2.37. The Bertz CT molecular complexity index is 1560. The molecular weight excluding hydrogens is 526 g/mol. The van der Waals surface area contributed by atoms with Crippen LogP contribution in [-0.2, 0) is 12.4 Å². The molecule has 1 atom stereocenters. The van der Waals surface area contributed by atoms with Crippen molar-refractivity contribution in [2.75, 3.05) is 0 Å². The minimum absolute atomic E-state index is 0.137. The maximum Gasteiger partial charge on any atom is 0.416 e. The van der Waals surface area contributed by atoms with Gasteiger partial charge in [0, 0.05) is 23.3 Å². The van der Waals surface area contributed by atoms with Crippen molar-refractivity contribution in [2.24, 2.45) is 0 Å². The van der Waals surface area contributed by atoms with Crippen LogP contribution in [0.3, 0.4) is 0 Å². The molecule has 1 aromatic heterocycles. The first-order valence-corrected chi connectivity index (χ1v) is 12.4. The summed E-state index contributed by atoms with van der Waals surface area (Å²) in [7, 11) is 0. The van der Waals surface area contributed by atoms with E-state index in [9.17, 15) is 26.3 Å². The van der Waals surface area contributed by atoms with E-state index in [4.69, 9.17) is 4.98 Å². The van der Waals surface area contributed by atoms with E-state index in [0.29, 0.717) is 17.0 Å². The van der Waals surface area contributed by atoms with Gasteiger partial charge in [-0.25, -0.2) is 4.98 Å². The highest BCUT2D eigenvalue weighted by atomic mass is 19.4. The van der Waals surface area contributed by atoms with Crippen LogP contribution >= 0.6 is 0 Å². The van der Waals surface area contributed by atoms with Crippen LogP contribution in [0.25, 0.3) is 22.4 Å². The lowest BCUT2D eigenvalue weighted by Gasteiger charge is -2.21. The van der Waals surface area contributed by atoms with Crippen LogP contribution in [-0.4, -0.2) is 4.98 Å². The molecule has 8 heteroatoms. The van der Waals surface area contributed by atoms with Gasteiger partial charge in [-0.1, -0.05) is 91.0 Å². The molecule has 0 aliphatic heterocycles. The topological polar surface area (TPSA) is 29.5 Å². The third kappa shape index (κ3) is 6.07.